The van der Waals surface area contributed by atoms with Crippen molar-refractivity contribution in [3.63, 3.8) is 0 Å². The van der Waals surface area contributed by atoms with Gasteiger partial charge in [-0.1, -0.05) is 6.07 Å². The number of rotatable bonds is 8. The number of nitrogens with one attached hydrogen (secondary N) is 1. The van der Waals surface area contributed by atoms with Crippen LogP contribution in [0, 0.1) is 11.6 Å². The number of benzene rings is 1. The molecule has 0 fully saturated rings. The molecule has 0 saturated carbocycles. The van der Waals surface area contributed by atoms with Crippen molar-refractivity contribution in [2.45, 2.75) is 24.8 Å². The third kappa shape index (κ3) is 5.52. The van der Waals surface area contributed by atoms with E-state index in [9.17, 15) is 26.3 Å². The zero-order valence-electron chi connectivity index (χ0n) is 10.8. The van der Waals surface area contributed by atoms with Crippen molar-refractivity contribution in [3.8, 4) is 0 Å². The fraction of sp³-hybridized carbons (Fsp3) is 0.500. The summed E-state index contributed by atoms with van der Waals surface area (Å²) in [4.78, 5) is 0. The number of hydrogen-bond donors (Lipinski definition) is 2. The minimum Gasteiger partial charge on any atom is -0.373 e. The molecule has 0 aromatic heterocycles. The fourth-order valence-electron chi connectivity index (χ4n) is 1.52. The molecule has 3 nitrogen and oxygen atoms in total. The Morgan fingerprint density at radius 2 is 1.86 bits per heavy atom. The number of hydrazine groups is 1. The first kappa shape index (κ1) is 17.7. The summed E-state index contributed by atoms with van der Waals surface area (Å²) in [6.45, 7) is -1.85. The molecule has 1 atom stereocenters. The molecule has 120 valence electrons. The number of ether oxygens (including phenoxy) is 1. The molecule has 0 aliphatic heterocycles. The molecule has 1 unspecified atom stereocenters. The maximum atomic E-state index is 13.0. The normalized spacial score (nSPS) is 13.7. The second kappa shape index (κ2) is 7.62. The zero-order valence-corrected chi connectivity index (χ0v) is 10.8. The summed E-state index contributed by atoms with van der Waals surface area (Å²) in [5, 5.41) is 0. The van der Waals surface area contributed by atoms with Crippen LogP contribution in [0.5, 0.6) is 0 Å². The van der Waals surface area contributed by atoms with E-state index in [0.717, 1.165) is 12.1 Å². The largest absolute Gasteiger partial charge is 0.373 e. The second-order valence-corrected chi connectivity index (χ2v) is 4.39. The van der Waals surface area contributed by atoms with Crippen LogP contribution in [0.25, 0.3) is 0 Å². The van der Waals surface area contributed by atoms with E-state index >= 15 is 0 Å². The highest BCUT2D eigenvalue weighted by atomic mass is 19.3. The second-order valence-electron chi connectivity index (χ2n) is 4.39. The van der Waals surface area contributed by atoms with Gasteiger partial charge in [0.2, 0.25) is 0 Å². The molecule has 0 aliphatic carbocycles. The van der Waals surface area contributed by atoms with Gasteiger partial charge in [0.05, 0.1) is 6.61 Å². The van der Waals surface area contributed by atoms with Gasteiger partial charge in [-0.05, 0) is 24.1 Å². The SMILES string of the molecule is NNC(COCC(F)(F)C(F)F)Cc1ccc(F)c(F)c1. The molecule has 0 heterocycles. The van der Waals surface area contributed by atoms with E-state index in [1.54, 1.807) is 0 Å². The van der Waals surface area contributed by atoms with Crippen LogP contribution in [-0.4, -0.2) is 31.6 Å². The van der Waals surface area contributed by atoms with Crippen LogP contribution < -0.4 is 11.3 Å². The molecule has 3 N–H and O–H groups in total. The number of halogens is 6. The van der Waals surface area contributed by atoms with Gasteiger partial charge < -0.3 is 4.74 Å². The van der Waals surface area contributed by atoms with Gasteiger partial charge >= 0.3 is 12.3 Å². The lowest BCUT2D eigenvalue weighted by Crippen LogP contribution is -2.42. The van der Waals surface area contributed by atoms with Crippen LogP contribution in [-0.2, 0) is 11.2 Å². The molecule has 0 saturated heterocycles. The van der Waals surface area contributed by atoms with E-state index in [1.807, 2.05) is 0 Å². The first-order chi connectivity index (χ1) is 9.76. The van der Waals surface area contributed by atoms with Gasteiger partial charge in [0.15, 0.2) is 11.6 Å². The number of alkyl halides is 4. The van der Waals surface area contributed by atoms with E-state index in [4.69, 9.17) is 5.84 Å². The number of nitrogens with two attached hydrogens (primary N) is 1. The van der Waals surface area contributed by atoms with E-state index in [1.165, 1.54) is 6.07 Å². The smallest absolute Gasteiger partial charge is 0.330 e. The molecule has 1 aromatic carbocycles. The van der Waals surface area contributed by atoms with Crippen molar-refractivity contribution < 1.29 is 31.1 Å². The first-order valence-electron chi connectivity index (χ1n) is 5.90. The number of hydrogen-bond acceptors (Lipinski definition) is 3. The summed E-state index contributed by atoms with van der Waals surface area (Å²) in [5.74, 6) is -1.17. The molecular formula is C12H14F6N2O. The predicted octanol–water partition coefficient (Wildman–Crippen LogP) is 2.26. The fourth-order valence-corrected chi connectivity index (χ4v) is 1.52. The van der Waals surface area contributed by atoms with E-state index in [0.29, 0.717) is 5.56 Å². The molecule has 0 radical (unpaired) electrons. The van der Waals surface area contributed by atoms with Crippen LogP contribution in [0.3, 0.4) is 0 Å². The average molecular weight is 316 g/mol. The minimum absolute atomic E-state index is 0.0496. The molecule has 1 aromatic rings. The Labute approximate surface area is 117 Å². The highest BCUT2D eigenvalue weighted by Gasteiger charge is 2.41. The molecule has 0 aliphatic rings. The summed E-state index contributed by atoms with van der Waals surface area (Å²) >= 11 is 0. The minimum atomic E-state index is -4.25. The Hall–Kier alpha value is -1.32. The first-order valence-corrected chi connectivity index (χ1v) is 5.90. The molecule has 0 amide bonds. The highest BCUT2D eigenvalue weighted by molar-refractivity contribution is 5.18. The van der Waals surface area contributed by atoms with Crippen LogP contribution in [0.2, 0.25) is 0 Å². The van der Waals surface area contributed by atoms with Gasteiger partial charge in [-0.2, -0.15) is 8.78 Å². The summed E-state index contributed by atoms with van der Waals surface area (Å²) in [7, 11) is 0. The lowest BCUT2D eigenvalue weighted by Gasteiger charge is -2.19. The maximum absolute atomic E-state index is 13.0. The predicted molar refractivity (Wildman–Crippen MR) is 62.9 cm³/mol. The van der Waals surface area contributed by atoms with Crippen molar-refractivity contribution in [1.29, 1.82) is 0 Å². The van der Waals surface area contributed by atoms with Gasteiger partial charge in [-0.25, -0.2) is 17.6 Å². The molecular weight excluding hydrogens is 302 g/mol. The van der Waals surface area contributed by atoms with Gasteiger partial charge in [0, 0.05) is 6.04 Å². The summed E-state index contributed by atoms with van der Waals surface area (Å²) in [5.41, 5.74) is 2.57. The molecule has 0 spiro atoms. The summed E-state index contributed by atoms with van der Waals surface area (Å²) < 4.78 is 79.2. The quantitative estimate of drug-likeness (QED) is 0.439. The van der Waals surface area contributed by atoms with E-state index in [-0.39, 0.29) is 6.42 Å². The molecule has 21 heavy (non-hydrogen) atoms. The third-order valence-corrected chi connectivity index (χ3v) is 2.63. The van der Waals surface area contributed by atoms with Crippen LogP contribution in [0.15, 0.2) is 18.2 Å². The van der Waals surface area contributed by atoms with Gasteiger partial charge in [0.25, 0.3) is 0 Å². The van der Waals surface area contributed by atoms with Gasteiger partial charge in [0.1, 0.15) is 6.61 Å². The molecule has 1 rings (SSSR count). The Kier molecular flexibility index (Phi) is 6.43. The third-order valence-electron chi connectivity index (χ3n) is 2.63. The maximum Gasteiger partial charge on any atom is 0.330 e. The Bertz CT molecular complexity index is 457. The Balaban J connectivity index is 2.50. The van der Waals surface area contributed by atoms with Crippen molar-refractivity contribution >= 4 is 0 Å². The van der Waals surface area contributed by atoms with Crippen molar-refractivity contribution in [1.82, 2.24) is 5.43 Å². The Morgan fingerprint density at radius 1 is 1.19 bits per heavy atom. The lowest BCUT2D eigenvalue weighted by atomic mass is 10.1. The molecule has 9 heteroatoms. The van der Waals surface area contributed by atoms with Crippen LogP contribution in [0.4, 0.5) is 26.3 Å². The lowest BCUT2D eigenvalue weighted by molar-refractivity contribution is -0.167. The highest BCUT2D eigenvalue weighted by Crippen LogP contribution is 2.23. The summed E-state index contributed by atoms with van der Waals surface area (Å²) in [6.07, 6.45) is -3.78. The topological polar surface area (TPSA) is 47.3 Å². The van der Waals surface area contributed by atoms with Crippen molar-refractivity contribution in [3.05, 3.63) is 35.4 Å². The molecule has 0 bridgehead atoms. The van der Waals surface area contributed by atoms with Gasteiger partial charge in [-0.3, -0.25) is 11.3 Å². The van der Waals surface area contributed by atoms with E-state index < -0.39 is 43.2 Å². The summed E-state index contributed by atoms with van der Waals surface area (Å²) in [6, 6.07) is 2.40. The van der Waals surface area contributed by atoms with Gasteiger partial charge in [-0.15, -0.1) is 0 Å². The van der Waals surface area contributed by atoms with E-state index in [2.05, 4.69) is 10.2 Å². The standard InChI is InChI=1S/C12H14F6N2O/c13-9-2-1-7(4-10(9)14)3-8(20-19)5-21-6-12(17,18)11(15)16/h1-2,4,8,11,20H,3,5-6,19H2. The average Bonchev–Trinajstić information content (AvgIpc) is 2.41. The Morgan fingerprint density at radius 3 is 2.38 bits per heavy atom. The van der Waals surface area contributed by atoms with Crippen molar-refractivity contribution in [2.75, 3.05) is 13.2 Å². The van der Waals surface area contributed by atoms with Crippen LogP contribution >= 0.6 is 0 Å². The monoisotopic (exact) mass is 316 g/mol. The van der Waals surface area contributed by atoms with Crippen molar-refractivity contribution in [2.24, 2.45) is 5.84 Å². The van der Waals surface area contributed by atoms with Crippen LogP contribution in [0.1, 0.15) is 5.56 Å². The zero-order chi connectivity index (χ0) is 16.0.